The summed E-state index contributed by atoms with van der Waals surface area (Å²) in [6.07, 6.45) is 2.85. The lowest BCUT2D eigenvalue weighted by Crippen LogP contribution is -2.51. The Morgan fingerprint density at radius 2 is 2.12 bits per heavy atom. The maximum absolute atomic E-state index is 13.0. The van der Waals surface area contributed by atoms with E-state index in [2.05, 4.69) is 10.3 Å². The zero-order valence-corrected chi connectivity index (χ0v) is 14.4. The summed E-state index contributed by atoms with van der Waals surface area (Å²) in [5, 5.41) is 3.32. The number of nitrogens with one attached hydrogen (secondary N) is 1. The van der Waals surface area contributed by atoms with E-state index in [4.69, 9.17) is 4.74 Å². The standard InChI is InChI=1S/C19H22FN3O2/c1-13(15-10-9-14(20)12-21-15)22-16-6-5-11-23(19(16)24)17-7-3-4-8-18(17)25-2/h3-4,7-10,12-13,16,22H,5-6,11H2,1-2H3/t13-,16-/m1/s1. The van der Waals surface area contributed by atoms with Crippen LogP contribution >= 0.6 is 0 Å². The van der Waals surface area contributed by atoms with Gasteiger partial charge in [-0.05, 0) is 44.0 Å². The van der Waals surface area contributed by atoms with Gasteiger partial charge in [0.15, 0.2) is 0 Å². The number of para-hydroxylation sites is 2. The molecule has 1 aromatic carbocycles. The number of benzene rings is 1. The van der Waals surface area contributed by atoms with Crippen molar-refractivity contribution in [3.8, 4) is 5.75 Å². The summed E-state index contributed by atoms with van der Waals surface area (Å²) in [5.74, 6) is 0.335. The number of rotatable bonds is 5. The van der Waals surface area contributed by atoms with Gasteiger partial charge in [0.05, 0.1) is 30.7 Å². The van der Waals surface area contributed by atoms with Crippen LogP contribution in [-0.2, 0) is 4.79 Å². The number of carbonyl (C=O) groups excluding carboxylic acids is 1. The number of pyridine rings is 1. The molecule has 0 saturated carbocycles. The predicted molar refractivity (Wildman–Crippen MR) is 94.1 cm³/mol. The first-order valence-corrected chi connectivity index (χ1v) is 8.42. The highest BCUT2D eigenvalue weighted by molar-refractivity contribution is 5.99. The van der Waals surface area contributed by atoms with Gasteiger partial charge in [-0.25, -0.2) is 4.39 Å². The number of hydrogen-bond donors (Lipinski definition) is 1. The molecule has 1 aromatic heterocycles. The summed E-state index contributed by atoms with van der Waals surface area (Å²) >= 11 is 0. The quantitative estimate of drug-likeness (QED) is 0.906. The number of nitrogens with zero attached hydrogens (tertiary/aromatic N) is 2. The smallest absolute Gasteiger partial charge is 0.244 e. The number of amides is 1. The van der Waals surface area contributed by atoms with Crippen LogP contribution in [-0.4, -0.2) is 30.6 Å². The van der Waals surface area contributed by atoms with Crippen LogP contribution in [0, 0.1) is 5.82 Å². The molecule has 1 aliphatic rings. The number of carbonyl (C=O) groups is 1. The average Bonchev–Trinajstić information content (AvgIpc) is 2.64. The van der Waals surface area contributed by atoms with E-state index in [-0.39, 0.29) is 23.8 Å². The van der Waals surface area contributed by atoms with Gasteiger partial charge >= 0.3 is 0 Å². The molecule has 1 aliphatic heterocycles. The maximum Gasteiger partial charge on any atom is 0.244 e. The summed E-state index contributed by atoms with van der Waals surface area (Å²) in [5.41, 5.74) is 1.50. The SMILES string of the molecule is COc1ccccc1N1CCC[C@@H](N[C@H](C)c2ccc(F)cn2)C1=O. The van der Waals surface area contributed by atoms with Crippen LogP contribution in [0.25, 0.3) is 0 Å². The van der Waals surface area contributed by atoms with Crippen LogP contribution in [0.3, 0.4) is 0 Å². The fourth-order valence-electron chi connectivity index (χ4n) is 3.15. The minimum absolute atomic E-state index is 0.0183. The third-order valence-electron chi connectivity index (χ3n) is 4.46. The van der Waals surface area contributed by atoms with Crippen molar-refractivity contribution in [2.24, 2.45) is 0 Å². The molecular formula is C19H22FN3O2. The highest BCUT2D eigenvalue weighted by atomic mass is 19.1. The topological polar surface area (TPSA) is 54.5 Å². The molecule has 2 atom stereocenters. The number of hydrogen-bond acceptors (Lipinski definition) is 4. The Kier molecular flexibility index (Phi) is 5.28. The van der Waals surface area contributed by atoms with E-state index in [0.29, 0.717) is 18.0 Å². The fraction of sp³-hybridized carbons (Fsp3) is 0.368. The molecular weight excluding hydrogens is 321 g/mol. The molecule has 0 bridgehead atoms. The molecule has 1 N–H and O–H groups in total. The van der Waals surface area contributed by atoms with Crippen LogP contribution in [0.15, 0.2) is 42.6 Å². The lowest BCUT2D eigenvalue weighted by Gasteiger charge is -2.34. The van der Waals surface area contributed by atoms with Crippen molar-refractivity contribution in [1.29, 1.82) is 0 Å². The normalized spacial score (nSPS) is 18.9. The maximum atomic E-state index is 13.0. The van der Waals surface area contributed by atoms with Gasteiger partial charge in [-0.2, -0.15) is 0 Å². The summed E-state index contributed by atoms with van der Waals surface area (Å²) in [6.45, 7) is 2.59. The summed E-state index contributed by atoms with van der Waals surface area (Å²) < 4.78 is 18.4. The lowest BCUT2D eigenvalue weighted by atomic mass is 10.0. The Labute approximate surface area is 146 Å². The number of methoxy groups -OCH3 is 1. The summed E-state index contributed by atoms with van der Waals surface area (Å²) in [7, 11) is 1.60. The minimum Gasteiger partial charge on any atom is -0.495 e. The van der Waals surface area contributed by atoms with Crippen molar-refractivity contribution >= 4 is 11.6 Å². The van der Waals surface area contributed by atoms with E-state index in [1.54, 1.807) is 18.1 Å². The molecule has 2 aromatic rings. The monoisotopic (exact) mass is 343 g/mol. The van der Waals surface area contributed by atoms with E-state index in [9.17, 15) is 9.18 Å². The molecule has 1 fully saturated rings. The second-order valence-corrected chi connectivity index (χ2v) is 6.15. The van der Waals surface area contributed by atoms with Crippen molar-refractivity contribution < 1.29 is 13.9 Å². The molecule has 25 heavy (non-hydrogen) atoms. The number of anilines is 1. The van der Waals surface area contributed by atoms with Crippen LogP contribution in [0.2, 0.25) is 0 Å². The van der Waals surface area contributed by atoms with Crippen LogP contribution in [0.1, 0.15) is 31.5 Å². The first-order chi connectivity index (χ1) is 12.1. The van der Waals surface area contributed by atoms with Gasteiger partial charge in [0, 0.05) is 12.6 Å². The molecule has 0 spiro atoms. The van der Waals surface area contributed by atoms with Gasteiger partial charge in [-0.3, -0.25) is 15.1 Å². The lowest BCUT2D eigenvalue weighted by molar-refractivity contribution is -0.122. The van der Waals surface area contributed by atoms with Gasteiger partial charge < -0.3 is 9.64 Å². The van der Waals surface area contributed by atoms with Crippen LogP contribution in [0.4, 0.5) is 10.1 Å². The average molecular weight is 343 g/mol. The van der Waals surface area contributed by atoms with E-state index in [1.165, 1.54) is 12.3 Å². The second kappa shape index (κ2) is 7.61. The number of aromatic nitrogens is 1. The van der Waals surface area contributed by atoms with E-state index < -0.39 is 0 Å². The van der Waals surface area contributed by atoms with Crippen LogP contribution in [0.5, 0.6) is 5.75 Å². The zero-order chi connectivity index (χ0) is 17.8. The van der Waals surface area contributed by atoms with Gasteiger partial charge in [-0.1, -0.05) is 12.1 Å². The Balaban J connectivity index is 1.74. The molecule has 132 valence electrons. The van der Waals surface area contributed by atoms with E-state index >= 15 is 0 Å². The van der Waals surface area contributed by atoms with Crippen LogP contribution < -0.4 is 15.0 Å². The van der Waals surface area contributed by atoms with Crippen molar-refractivity contribution in [2.45, 2.75) is 31.8 Å². The molecule has 1 amide bonds. The Morgan fingerprint density at radius 3 is 2.84 bits per heavy atom. The molecule has 0 unspecified atom stereocenters. The van der Waals surface area contributed by atoms with Gasteiger partial charge in [-0.15, -0.1) is 0 Å². The molecule has 0 radical (unpaired) electrons. The number of halogens is 1. The predicted octanol–water partition coefficient (Wildman–Crippen LogP) is 3.08. The molecule has 0 aliphatic carbocycles. The third-order valence-corrected chi connectivity index (χ3v) is 4.46. The van der Waals surface area contributed by atoms with Gasteiger partial charge in [0.25, 0.3) is 0 Å². The number of piperidine rings is 1. The fourth-order valence-corrected chi connectivity index (χ4v) is 3.15. The first-order valence-electron chi connectivity index (χ1n) is 8.42. The molecule has 3 rings (SSSR count). The third kappa shape index (κ3) is 3.79. The van der Waals surface area contributed by atoms with Gasteiger partial charge in [0.1, 0.15) is 11.6 Å². The van der Waals surface area contributed by atoms with Crippen molar-refractivity contribution in [1.82, 2.24) is 10.3 Å². The number of ether oxygens (including phenoxy) is 1. The molecule has 5 nitrogen and oxygen atoms in total. The first kappa shape index (κ1) is 17.4. The van der Waals surface area contributed by atoms with Gasteiger partial charge in [0.2, 0.25) is 5.91 Å². The highest BCUT2D eigenvalue weighted by Crippen LogP contribution is 2.31. The van der Waals surface area contributed by atoms with Crippen molar-refractivity contribution in [3.63, 3.8) is 0 Å². The minimum atomic E-state index is -0.368. The van der Waals surface area contributed by atoms with Crippen molar-refractivity contribution in [3.05, 3.63) is 54.1 Å². The second-order valence-electron chi connectivity index (χ2n) is 6.15. The zero-order valence-electron chi connectivity index (χ0n) is 14.4. The van der Waals surface area contributed by atoms with E-state index in [0.717, 1.165) is 18.5 Å². The molecule has 2 heterocycles. The Hall–Kier alpha value is -2.47. The molecule has 6 heteroatoms. The Bertz CT molecular complexity index is 736. The largest absolute Gasteiger partial charge is 0.495 e. The Morgan fingerprint density at radius 1 is 1.32 bits per heavy atom. The van der Waals surface area contributed by atoms with E-state index in [1.807, 2.05) is 31.2 Å². The van der Waals surface area contributed by atoms with Crippen molar-refractivity contribution in [2.75, 3.05) is 18.6 Å². The highest BCUT2D eigenvalue weighted by Gasteiger charge is 2.32. The summed E-state index contributed by atoms with van der Waals surface area (Å²) in [6, 6.07) is 10.1. The molecule has 1 saturated heterocycles. The summed E-state index contributed by atoms with van der Waals surface area (Å²) in [4.78, 5) is 18.8.